The number of sulfone groups is 1. The number of halogens is 1. The van der Waals surface area contributed by atoms with Gasteiger partial charge < -0.3 is 11.1 Å². The van der Waals surface area contributed by atoms with Gasteiger partial charge in [0, 0.05) is 18.6 Å². The molecule has 2 rings (SSSR count). The molecule has 1 saturated heterocycles. The lowest BCUT2D eigenvalue weighted by Crippen LogP contribution is -2.46. The predicted octanol–water partition coefficient (Wildman–Crippen LogP) is 0.373. The molecule has 4 nitrogen and oxygen atoms in total. The van der Waals surface area contributed by atoms with Crippen molar-refractivity contribution in [3.8, 4) is 0 Å². The maximum absolute atomic E-state index is 14.2. The first kappa shape index (κ1) is 13.2. The van der Waals surface area contributed by atoms with E-state index in [4.69, 9.17) is 5.73 Å². The first-order valence-electron chi connectivity index (χ1n) is 6.27. The summed E-state index contributed by atoms with van der Waals surface area (Å²) in [6.07, 6.45) is 3.10. The van der Waals surface area contributed by atoms with Gasteiger partial charge in [-0.05, 0) is 32.1 Å². The predicted molar refractivity (Wildman–Crippen MR) is 65.3 cm³/mol. The third-order valence-electron chi connectivity index (χ3n) is 3.76. The Bertz CT molecular complexity index is 374. The molecule has 3 atom stereocenters. The zero-order valence-corrected chi connectivity index (χ0v) is 10.8. The molecule has 1 saturated carbocycles. The second-order valence-electron chi connectivity index (χ2n) is 5.49. The molecule has 3 N–H and O–H groups in total. The minimum atomic E-state index is -2.92. The van der Waals surface area contributed by atoms with E-state index in [1.54, 1.807) is 0 Å². The average Bonchev–Trinajstić information content (AvgIpc) is 2.55. The summed E-state index contributed by atoms with van der Waals surface area (Å²) < 4.78 is 37.1. The van der Waals surface area contributed by atoms with Crippen LogP contribution >= 0.6 is 0 Å². The molecular weight excluding hydrogens is 243 g/mol. The molecule has 17 heavy (non-hydrogen) atoms. The van der Waals surface area contributed by atoms with Crippen molar-refractivity contribution < 1.29 is 12.8 Å². The number of rotatable bonds is 3. The monoisotopic (exact) mass is 264 g/mol. The molecule has 0 radical (unpaired) electrons. The van der Waals surface area contributed by atoms with Crippen LogP contribution in [-0.4, -0.2) is 44.2 Å². The van der Waals surface area contributed by atoms with Crippen molar-refractivity contribution >= 4 is 9.84 Å². The number of hydrogen-bond donors (Lipinski definition) is 2. The van der Waals surface area contributed by atoms with E-state index in [-0.39, 0.29) is 30.1 Å². The number of hydrogen-bond acceptors (Lipinski definition) is 4. The van der Waals surface area contributed by atoms with Crippen molar-refractivity contribution in [3.05, 3.63) is 0 Å². The van der Waals surface area contributed by atoms with Crippen LogP contribution in [0.2, 0.25) is 0 Å². The van der Waals surface area contributed by atoms with Crippen LogP contribution in [0.5, 0.6) is 0 Å². The summed E-state index contributed by atoms with van der Waals surface area (Å²) in [5.74, 6) is 0.423. The van der Waals surface area contributed by atoms with Gasteiger partial charge in [-0.2, -0.15) is 0 Å². The van der Waals surface area contributed by atoms with E-state index in [9.17, 15) is 12.8 Å². The summed E-state index contributed by atoms with van der Waals surface area (Å²) in [4.78, 5) is 0. The maximum atomic E-state index is 14.2. The minimum absolute atomic E-state index is 0.0445. The fourth-order valence-electron chi connectivity index (χ4n) is 2.79. The van der Waals surface area contributed by atoms with Crippen molar-refractivity contribution in [2.45, 2.75) is 49.9 Å². The van der Waals surface area contributed by atoms with Crippen molar-refractivity contribution in [2.75, 3.05) is 18.1 Å². The molecule has 2 aliphatic rings. The number of nitrogens with two attached hydrogens (primary N) is 1. The van der Waals surface area contributed by atoms with Crippen LogP contribution in [0.3, 0.4) is 0 Å². The maximum Gasteiger partial charge on any atom is 0.151 e. The van der Waals surface area contributed by atoms with Crippen LogP contribution in [0.15, 0.2) is 0 Å². The zero-order chi connectivity index (χ0) is 12.5. The molecule has 0 aromatic heterocycles. The summed E-state index contributed by atoms with van der Waals surface area (Å²) in [7, 11) is -2.92. The van der Waals surface area contributed by atoms with Crippen molar-refractivity contribution in [1.29, 1.82) is 0 Å². The lowest BCUT2D eigenvalue weighted by Gasteiger charge is -2.27. The van der Waals surface area contributed by atoms with Crippen molar-refractivity contribution in [1.82, 2.24) is 5.32 Å². The van der Waals surface area contributed by atoms with Crippen LogP contribution in [0.25, 0.3) is 0 Å². The molecule has 0 aromatic rings. The lowest BCUT2D eigenvalue weighted by atomic mass is 10.0. The highest BCUT2D eigenvalue weighted by Gasteiger charge is 2.38. The smallest absolute Gasteiger partial charge is 0.151 e. The minimum Gasteiger partial charge on any atom is -0.328 e. The van der Waals surface area contributed by atoms with Crippen LogP contribution in [-0.2, 0) is 9.84 Å². The van der Waals surface area contributed by atoms with Crippen LogP contribution in [0, 0.1) is 0 Å². The van der Waals surface area contributed by atoms with Gasteiger partial charge in [0.2, 0.25) is 0 Å². The molecule has 0 amide bonds. The third kappa shape index (κ3) is 3.63. The van der Waals surface area contributed by atoms with Gasteiger partial charge in [0.1, 0.15) is 5.67 Å². The van der Waals surface area contributed by atoms with Gasteiger partial charge in [0.15, 0.2) is 9.84 Å². The lowest BCUT2D eigenvalue weighted by molar-refractivity contribution is 0.160. The first-order chi connectivity index (χ1) is 7.89. The van der Waals surface area contributed by atoms with E-state index >= 15 is 0 Å². The van der Waals surface area contributed by atoms with E-state index in [0.717, 1.165) is 12.8 Å². The molecule has 6 heteroatoms. The highest BCUT2D eigenvalue weighted by Crippen LogP contribution is 2.32. The Kier molecular flexibility index (Phi) is 3.75. The normalized spacial score (nSPS) is 41.5. The molecule has 100 valence electrons. The van der Waals surface area contributed by atoms with Gasteiger partial charge in [-0.25, -0.2) is 12.8 Å². The largest absolute Gasteiger partial charge is 0.328 e. The van der Waals surface area contributed by atoms with Crippen molar-refractivity contribution in [3.63, 3.8) is 0 Å². The SMILES string of the molecule is NC1CCC(F)(CNC2CCCS(=O)(=O)C2)C1. The van der Waals surface area contributed by atoms with Gasteiger partial charge in [-0.15, -0.1) is 0 Å². The van der Waals surface area contributed by atoms with Gasteiger partial charge in [-0.3, -0.25) is 0 Å². The van der Waals surface area contributed by atoms with Crippen LogP contribution in [0.1, 0.15) is 32.1 Å². The Morgan fingerprint density at radius 1 is 1.41 bits per heavy atom. The molecular formula is C11H21FN2O2S. The molecule has 0 spiro atoms. The first-order valence-corrected chi connectivity index (χ1v) is 8.09. The second kappa shape index (κ2) is 4.82. The van der Waals surface area contributed by atoms with Gasteiger partial charge >= 0.3 is 0 Å². The third-order valence-corrected chi connectivity index (χ3v) is 5.58. The van der Waals surface area contributed by atoms with Crippen LogP contribution in [0.4, 0.5) is 4.39 Å². The highest BCUT2D eigenvalue weighted by molar-refractivity contribution is 7.91. The molecule has 1 heterocycles. The van der Waals surface area contributed by atoms with Crippen molar-refractivity contribution in [2.24, 2.45) is 5.73 Å². The van der Waals surface area contributed by atoms with Gasteiger partial charge in [0.05, 0.1) is 11.5 Å². The summed E-state index contributed by atoms with van der Waals surface area (Å²) >= 11 is 0. The Balaban J connectivity index is 1.82. The zero-order valence-electron chi connectivity index (χ0n) is 9.99. The summed E-state index contributed by atoms with van der Waals surface area (Å²) in [6, 6.07) is -0.130. The topological polar surface area (TPSA) is 72.2 Å². The Hall–Kier alpha value is -0.200. The van der Waals surface area contributed by atoms with Crippen LogP contribution < -0.4 is 11.1 Å². The summed E-state index contributed by atoms with van der Waals surface area (Å²) in [6.45, 7) is 0.237. The Morgan fingerprint density at radius 3 is 2.76 bits per heavy atom. The van der Waals surface area contributed by atoms with E-state index in [1.807, 2.05) is 0 Å². The highest BCUT2D eigenvalue weighted by atomic mass is 32.2. The molecule has 1 aliphatic heterocycles. The average molecular weight is 264 g/mol. The summed E-state index contributed by atoms with van der Waals surface area (Å²) in [5, 5.41) is 3.07. The number of nitrogens with one attached hydrogen (secondary N) is 1. The quantitative estimate of drug-likeness (QED) is 0.772. The fourth-order valence-corrected chi connectivity index (χ4v) is 4.46. The molecule has 0 aromatic carbocycles. The Labute approximate surface area is 102 Å². The van der Waals surface area contributed by atoms with E-state index in [0.29, 0.717) is 19.3 Å². The van der Waals surface area contributed by atoms with Gasteiger partial charge in [0.25, 0.3) is 0 Å². The fraction of sp³-hybridized carbons (Fsp3) is 1.00. The molecule has 1 aliphatic carbocycles. The number of alkyl halides is 1. The van der Waals surface area contributed by atoms with E-state index < -0.39 is 15.5 Å². The Morgan fingerprint density at radius 2 is 2.18 bits per heavy atom. The molecule has 3 unspecified atom stereocenters. The second-order valence-corrected chi connectivity index (χ2v) is 7.72. The molecule has 2 fully saturated rings. The standard InChI is InChI=1S/C11H21FN2O2S/c12-11(4-3-9(13)6-11)8-14-10-2-1-5-17(15,16)7-10/h9-10,14H,1-8,13H2. The van der Waals surface area contributed by atoms with E-state index in [2.05, 4.69) is 5.32 Å². The summed E-state index contributed by atoms with van der Waals surface area (Å²) in [5.41, 5.74) is 4.46. The van der Waals surface area contributed by atoms with Gasteiger partial charge in [-0.1, -0.05) is 0 Å². The molecule has 0 bridgehead atoms. The van der Waals surface area contributed by atoms with E-state index in [1.165, 1.54) is 0 Å².